The fourth-order valence-electron chi connectivity index (χ4n) is 3.80. The monoisotopic (exact) mass is 287 g/mol. The van der Waals surface area contributed by atoms with Crippen LogP contribution in [0.25, 0.3) is 0 Å². The van der Waals surface area contributed by atoms with Crippen LogP contribution in [-0.4, -0.2) is 24.9 Å². The molecule has 3 rings (SSSR count). The Hall–Kier alpha value is -1.88. The molecule has 2 aliphatic rings. The van der Waals surface area contributed by atoms with Crippen molar-refractivity contribution in [1.29, 1.82) is 0 Å². The molecule has 0 aliphatic heterocycles. The number of carbonyl (C=O) groups excluding carboxylic acids is 2. The molecule has 2 saturated carbocycles. The smallest absolute Gasteiger partial charge is 0.251 e. The number of anilines is 1. The Morgan fingerprint density at radius 2 is 1.81 bits per heavy atom. The molecular formula is C16H21N3O2. The number of hydrogen-bond acceptors (Lipinski definition) is 3. The van der Waals surface area contributed by atoms with Crippen LogP contribution in [0, 0.1) is 17.8 Å². The van der Waals surface area contributed by atoms with E-state index in [2.05, 4.69) is 10.6 Å². The van der Waals surface area contributed by atoms with E-state index in [4.69, 9.17) is 5.73 Å². The molecule has 1 aromatic carbocycles. The summed E-state index contributed by atoms with van der Waals surface area (Å²) in [6.07, 6.45) is 3.37. The molecule has 0 radical (unpaired) electrons. The Kier molecular flexibility index (Phi) is 3.68. The van der Waals surface area contributed by atoms with E-state index in [1.807, 2.05) is 0 Å². The minimum atomic E-state index is -0.136. The van der Waals surface area contributed by atoms with Gasteiger partial charge < -0.3 is 16.4 Å². The molecule has 5 nitrogen and oxygen atoms in total. The average molecular weight is 287 g/mol. The molecule has 4 atom stereocenters. The first-order chi connectivity index (χ1) is 10.1. The lowest BCUT2D eigenvalue weighted by molar-refractivity contribution is -0.121. The summed E-state index contributed by atoms with van der Waals surface area (Å²) in [5, 5.41) is 5.50. The largest absolute Gasteiger partial charge is 0.355 e. The van der Waals surface area contributed by atoms with Crippen molar-refractivity contribution in [2.24, 2.45) is 23.5 Å². The van der Waals surface area contributed by atoms with Gasteiger partial charge in [-0.15, -0.1) is 0 Å². The van der Waals surface area contributed by atoms with E-state index in [1.54, 1.807) is 31.3 Å². The number of nitrogens with two attached hydrogens (primary N) is 1. The molecule has 2 aliphatic carbocycles. The zero-order valence-corrected chi connectivity index (χ0v) is 12.1. The highest BCUT2D eigenvalue weighted by molar-refractivity contribution is 5.96. The quantitative estimate of drug-likeness (QED) is 0.784. The van der Waals surface area contributed by atoms with E-state index in [9.17, 15) is 9.59 Å². The van der Waals surface area contributed by atoms with Crippen LogP contribution in [0.15, 0.2) is 24.3 Å². The number of fused-ring (bicyclic) bond motifs is 2. The van der Waals surface area contributed by atoms with Crippen LogP contribution < -0.4 is 16.4 Å². The Bertz CT molecular complexity index is 553. The highest BCUT2D eigenvalue weighted by Gasteiger charge is 2.49. The van der Waals surface area contributed by atoms with Crippen molar-refractivity contribution in [2.45, 2.75) is 25.3 Å². The third-order valence-corrected chi connectivity index (χ3v) is 4.93. The molecule has 0 heterocycles. The van der Waals surface area contributed by atoms with Crippen LogP contribution in [0.2, 0.25) is 0 Å². The number of amides is 2. The second-order valence-electron chi connectivity index (χ2n) is 6.08. The summed E-state index contributed by atoms with van der Waals surface area (Å²) < 4.78 is 0. The van der Waals surface area contributed by atoms with Crippen LogP contribution in [0.1, 0.15) is 29.6 Å². The Labute approximate surface area is 124 Å². The summed E-state index contributed by atoms with van der Waals surface area (Å²) in [6.45, 7) is 0. The minimum absolute atomic E-state index is 0.00566. The van der Waals surface area contributed by atoms with Crippen molar-refractivity contribution in [2.75, 3.05) is 12.4 Å². The normalized spacial score (nSPS) is 30.2. The van der Waals surface area contributed by atoms with Gasteiger partial charge in [-0.05, 0) is 55.4 Å². The maximum atomic E-state index is 12.4. The maximum absolute atomic E-state index is 12.4. The van der Waals surface area contributed by atoms with Gasteiger partial charge in [0.1, 0.15) is 0 Å². The summed E-state index contributed by atoms with van der Waals surface area (Å²) in [4.78, 5) is 23.9. The fraction of sp³-hybridized carbons (Fsp3) is 0.500. The van der Waals surface area contributed by atoms with Crippen molar-refractivity contribution < 1.29 is 9.59 Å². The molecule has 2 bridgehead atoms. The molecule has 0 saturated heterocycles. The van der Waals surface area contributed by atoms with Crippen molar-refractivity contribution in [1.82, 2.24) is 5.32 Å². The van der Waals surface area contributed by atoms with Gasteiger partial charge in [0.15, 0.2) is 0 Å². The number of hydrogen-bond donors (Lipinski definition) is 3. The zero-order valence-electron chi connectivity index (χ0n) is 12.1. The van der Waals surface area contributed by atoms with Gasteiger partial charge in [-0.25, -0.2) is 0 Å². The molecule has 112 valence electrons. The van der Waals surface area contributed by atoms with Crippen LogP contribution in [0.5, 0.6) is 0 Å². The van der Waals surface area contributed by atoms with E-state index >= 15 is 0 Å². The number of rotatable bonds is 3. The second-order valence-corrected chi connectivity index (χ2v) is 6.08. The molecule has 0 spiro atoms. The highest BCUT2D eigenvalue weighted by Crippen LogP contribution is 2.47. The lowest BCUT2D eigenvalue weighted by atomic mass is 9.84. The molecule has 2 amide bonds. The molecule has 2 fully saturated rings. The summed E-state index contributed by atoms with van der Waals surface area (Å²) in [6, 6.07) is 6.90. The minimum Gasteiger partial charge on any atom is -0.355 e. The third-order valence-electron chi connectivity index (χ3n) is 4.93. The van der Waals surface area contributed by atoms with Crippen molar-refractivity contribution in [3.05, 3.63) is 29.8 Å². The predicted molar refractivity (Wildman–Crippen MR) is 80.8 cm³/mol. The topological polar surface area (TPSA) is 84.2 Å². The summed E-state index contributed by atoms with van der Waals surface area (Å²) >= 11 is 0. The number of benzene rings is 1. The van der Waals surface area contributed by atoms with Gasteiger partial charge in [0.05, 0.1) is 5.92 Å². The van der Waals surface area contributed by atoms with E-state index in [-0.39, 0.29) is 23.8 Å². The van der Waals surface area contributed by atoms with Gasteiger partial charge in [-0.3, -0.25) is 9.59 Å². The molecule has 4 N–H and O–H groups in total. The molecule has 1 aromatic rings. The van der Waals surface area contributed by atoms with E-state index < -0.39 is 0 Å². The SMILES string of the molecule is CNC(=O)c1ccc(NC(=O)C2C3CCC(C3)C2N)cc1. The summed E-state index contributed by atoms with van der Waals surface area (Å²) in [7, 11) is 1.59. The van der Waals surface area contributed by atoms with Gasteiger partial charge in [0, 0.05) is 24.3 Å². The van der Waals surface area contributed by atoms with Gasteiger partial charge in [0.2, 0.25) is 5.91 Å². The first-order valence-electron chi connectivity index (χ1n) is 7.48. The van der Waals surface area contributed by atoms with Crippen LogP contribution in [0.4, 0.5) is 5.69 Å². The fourth-order valence-corrected chi connectivity index (χ4v) is 3.80. The average Bonchev–Trinajstić information content (AvgIpc) is 3.08. The Morgan fingerprint density at radius 3 is 2.38 bits per heavy atom. The lowest BCUT2D eigenvalue weighted by Gasteiger charge is -2.27. The van der Waals surface area contributed by atoms with E-state index in [0.717, 1.165) is 19.3 Å². The Morgan fingerprint density at radius 1 is 1.14 bits per heavy atom. The van der Waals surface area contributed by atoms with Crippen molar-refractivity contribution >= 4 is 17.5 Å². The first-order valence-corrected chi connectivity index (χ1v) is 7.48. The van der Waals surface area contributed by atoms with Crippen LogP contribution in [-0.2, 0) is 4.79 Å². The Balaban J connectivity index is 1.66. The maximum Gasteiger partial charge on any atom is 0.251 e. The second kappa shape index (κ2) is 5.48. The molecule has 5 heteroatoms. The summed E-state index contributed by atoms with van der Waals surface area (Å²) in [5.74, 6) is 0.768. The number of nitrogens with one attached hydrogen (secondary N) is 2. The third kappa shape index (κ3) is 2.53. The molecular weight excluding hydrogens is 266 g/mol. The lowest BCUT2D eigenvalue weighted by Crippen LogP contribution is -2.42. The van der Waals surface area contributed by atoms with Crippen LogP contribution >= 0.6 is 0 Å². The summed E-state index contributed by atoms with van der Waals surface area (Å²) in [5.41, 5.74) is 7.47. The van der Waals surface area contributed by atoms with E-state index in [1.165, 1.54) is 0 Å². The predicted octanol–water partition coefficient (Wildman–Crippen LogP) is 1.36. The van der Waals surface area contributed by atoms with E-state index in [0.29, 0.717) is 23.1 Å². The van der Waals surface area contributed by atoms with Crippen molar-refractivity contribution in [3.8, 4) is 0 Å². The van der Waals surface area contributed by atoms with Crippen LogP contribution in [0.3, 0.4) is 0 Å². The van der Waals surface area contributed by atoms with Gasteiger partial charge >= 0.3 is 0 Å². The van der Waals surface area contributed by atoms with Gasteiger partial charge in [-0.1, -0.05) is 0 Å². The van der Waals surface area contributed by atoms with Crippen molar-refractivity contribution in [3.63, 3.8) is 0 Å². The zero-order chi connectivity index (χ0) is 15.0. The first kappa shape index (κ1) is 14.1. The van der Waals surface area contributed by atoms with Gasteiger partial charge in [0.25, 0.3) is 5.91 Å². The van der Waals surface area contributed by atoms with Gasteiger partial charge in [-0.2, -0.15) is 0 Å². The molecule has 0 aromatic heterocycles. The highest BCUT2D eigenvalue weighted by atomic mass is 16.2. The standard InChI is InChI=1S/C16H21N3O2/c1-18-15(20)9-4-6-12(7-5-9)19-16(21)13-10-2-3-11(8-10)14(13)17/h4-7,10-11,13-14H,2-3,8,17H2,1H3,(H,18,20)(H,19,21). The number of carbonyl (C=O) groups is 2. The molecule has 4 unspecified atom stereocenters. The molecule has 21 heavy (non-hydrogen) atoms.